The number of carbonyl (C=O) groups excluding carboxylic acids is 1. The van der Waals surface area contributed by atoms with Crippen molar-refractivity contribution < 1.29 is 19.4 Å². The molecule has 2 N–H and O–H groups in total. The monoisotopic (exact) mass is 356 g/mol. The molecule has 6 nitrogen and oxygen atoms in total. The summed E-state index contributed by atoms with van der Waals surface area (Å²) in [6.45, 7) is 1.26. The number of nitrogens with zero attached hydrogens (tertiary/aromatic N) is 1. The summed E-state index contributed by atoms with van der Waals surface area (Å²) in [6.07, 6.45) is 2.05. The standard InChI is InChI=1S/C14H17BrN2O4/c1-17(8-10-3-2-6-21-10)14(20)16-12-7-9(13(18)19)4-5-11(12)15/h4-5,7,10H,2-3,6,8H2,1H3,(H,16,20)(H,18,19). The topological polar surface area (TPSA) is 78.9 Å². The largest absolute Gasteiger partial charge is 0.478 e. The Morgan fingerprint density at radius 2 is 2.29 bits per heavy atom. The summed E-state index contributed by atoms with van der Waals surface area (Å²) in [7, 11) is 1.69. The summed E-state index contributed by atoms with van der Waals surface area (Å²) >= 11 is 3.29. The van der Waals surface area contributed by atoms with Gasteiger partial charge in [0.25, 0.3) is 0 Å². The van der Waals surface area contributed by atoms with Gasteiger partial charge >= 0.3 is 12.0 Å². The highest BCUT2D eigenvalue weighted by Crippen LogP contribution is 2.24. The summed E-state index contributed by atoms with van der Waals surface area (Å²) in [5, 5.41) is 11.7. The molecule has 1 unspecified atom stereocenters. The number of nitrogens with one attached hydrogen (secondary N) is 1. The Hall–Kier alpha value is -1.60. The van der Waals surface area contributed by atoms with E-state index in [0.717, 1.165) is 19.4 Å². The van der Waals surface area contributed by atoms with Crippen LogP contribution in [0, 0.1) is 0 Å². The number of hydrogen-bond donors (Lipinski definition) is 2. The third-order valence-corrected chi connectivity index (χ3v) is 3.99. The van der Waals surface area contributed by atoms with Crippen LogP contribution in [0.5, 0.6) is 0 Å². The van der Waals surface area contributed by atoms with Crippen LogP contribution in [0.1, 0.15) is 23.2 Å². The van der Waals surface area contributed by atoms with E-state index in [1.807, 2.05) is 0 Å². The zero-order chi connectivity index (χ0) is 15.4. The van der Waals surface area contributed by atoms with E-state index in [2.05, 4.69) is 21.2 Å². The number of likely N-dealkylation sites (N-methyl/N-ethyl adjacent to an activating group) is 1. The molecule has 0 bridgehead atoms. The van der Waals surface area contributed by atoms with Crippen LogP contribution in [0.3, 0.4) is 0 Å². The average Bonchev–Trinajstić information content (AvgIpc) is 2.93. The summed E-state index contributed by atoms with van der Waals surface area (Å²) < 4.78 is 6.12. The van der Waals surface area contributed by atoms with E-state index >= 15 is 0 Å². The molecule has 1 atom stereocenters. The Labute approximate surface area is 131 Å². The number of anilines is 1. The molecular formula is C14H17BrN2O4. The Bertz CT molecular complexity index is 544. The fourth-order valence-corrected chi connectivity index (χ4v) is 2.49. The highest BCUT2D eigenvalue weighted by atomic mass is 79.9. The Kier molecular flexibility index (Phi) is 5.19. The number of carboxylic acids is 1. The first kappa shape index (κ1) is 15.8. The molecule has 7 heteroatoms. The van der Waals surface area contributed by atoms with Crippen molar-refractivity contribution in [3.05, 3.63) is 28.2 Å². The van der Waals surface area contributed by atoms with Crippen molar-refractivity contribution in [2.45, 2.75) is 18.9 Å². The number of benzene rings is 1. The zero-order valence-corrected chi connectivity index (χ0v) is 13.2. The SMILES string of the molecule is CN(CC1CCCO1)C(=O)Nc1cc(C(=O)O)ccc1Br. The van der Waals surface area contributed by atoms with Crippen molar-refractivity contribution >= 4 is 33.6 Å². The highest BCUT2D eigenvalue weighted by molar-refractivity contribution is 9.10. The van der Waals surface area contributed by atoms with Crippen LogP contribution in [0.15, 0.2) is 22.7 Å². The minimum atomic E-state index is -1.04. The molecule has 0 saturated carbocycles. The lowest BCUT2D eigenvalue weighted by molar-refractivity contribution is 0.0697. The number of urea groups is 1. The smallest absolute Gasteiger partial charge is 0.335 e. The van der Waals surface area contributed by atoms with E-state index in [4.69, 9.17) is 9.84 Å². The van der Waals surface area contributed by atoms with Gasteiger partial charge in [-0.1, -0.05) is 0 Å². The van der Waals surface area contributed by atoms with E-state index in [1.54, 1.807) is 13.1 Å². The Balaban J connectivity index is 2.01. The molecule has 2 amide bonds. The number of amides is 2. The van der Waals surface area contributed by atoms with Crippen LogP contribution < -0.4 is 5.32 Å². The lowest BCUT2D eigenvalue weighted by atomic mass is 10.2. The van der Waals surface area contributed by atoms with Crippen molar-refractivity contribution in [3.8, 4) is 0 Å². The lowest BCUT2D eigenvalue weighted by Crippen LogP contribution is -2.37. The number of halogens is 1. The summed E-state index contributed by atoms with van der Waals surface area (Å²) in [4.78, 5) is 24.6. The van der Waals surface area contributed by atoms with Crippen LogP contribution in [-0.4, -0.2) is 48.3 Å². The minimum absolute atomic E-state index is 0.0783. The van der Waals surface area contributed by atoms with Crippen LogP contribution in [-0.2, 0) is 4.74 Å². The Morgan fingerprint density at radius 1 is 1.52 bits per heavy atom. The first-order valence-electron chi connectivity index (χ1n) is 6.64. The fourth-order valence-electron chi connectivity index (χ4n) is 2.14. The second kappa shape index (κ2) is 6.91. The molecule has 1 aromatic carbocycles. The lowest BCUT2D eigenvalue weighted by Gasteiger charge is -2.21. The Morgan fingerprint density at radius 3 is 2.90 bits per heavy atom. The van der Waals surface area contributed by atoms with Gasteiger partial charge in [-0.05, 0) is 47.0 Å². The summed E-state index contributed by atoms with van der Waals surface area (Å²) in [5.41, 5.74) is 0.550. The highest BCUT2D eigenvalue weighted by Gasteiger charge is 2.20. The number of carboxylic acid groups (broad SMARTS) is 1. The van der Waals surface area contributed by atoms with E-state index < -0.39 is 5.97 Å². The molecule has 114 valence electrons. The third kappa shape index (κ3) is 4.18. The first-order valence-corrected chi connectivity index (χ1v) is 7.43. The van der Waals surface area contributed by atoms with Gasteiger partial charge in [0.15, 0.2) is 0 Å². The average molecular weight is 357 g/mol. The van der Waals surface area contributed by atoms with Crippen LogP contribution >= 0.6 is 15.9 Å². The minimum Gasteiger partial charge on any atom is -0.478 e. The van der Waals surface area contributed by atoms with Crippen LogP contribution in [0.2, 0.25) is 0 Å². The van der Waals surface area contributed by atoms with Crippen molar-refractivity contribution in [2.24, 2.45) is 0 Å². The molecule has 2 rings (SSSR count). The molecule has 0 aliphatic carbocycles. The van der Waals surface area contributed by atoms with Crippen molar-refractivity contribution in [2.75, 3.05) is 25.5 Å². The maximum atomic E-state index is 12.1. The molecule has 1 fully saturated rings. The van der Waals surface area contributed by atoms with Gasteiger partial charge in [0.2, 0.25) is 0 Å². The number of ether oxygens (including phenoxy) is 1. The van der Waals surface area contributed by atoms with Gasteiger partial charge in [0.05, 0.1) is 17.4 Å². The van der Waals surface area contributed by atoms with Gasteiger partial charge in [-0.2, -0.15) is 0 Å². The van der Waals surface area contributed by atoms with E-state index in [0.29, 0.717) is 16.7 Å². The van der Waals surface area contributed by atoms with E-state index in [9.17, 15) is 9.59 Å². The van der Waals surface area contributed by atoms with Gasteiger partial charge in [-0.25, -0.2) is 9.59 Å². The van der Waals surface area contributed by atoms with Crippen molar-refractivity contribution in [3.63, 3.8) is 0 Å². The molecule has 1 heterocycles. The van der Waals surface area contributed by atoms with Crippen molar-refractivity contribution in [1.29, 1.82) is 0 Å². The predicted octanol–water partition coefficient (Wildman–Crippen LogP) is 2.79. The van der Waals surface area contributed by atoms with Crippen LogP contribution in [0.4, 0.5) is 10.5 Å². The molecular weight excluding hydrogens is 340 g/mol. The predicted molar refractivity (Wildman–Crippen MR) is 81.7 cm³/mol. The van der Waals surface area contributed by atoms with E-state index in [-0.39, 0.29) is 17.7 Å². The fraction of sp³-hybridized carbons (Fsp3) is 0.429. The summed E-state index contributed by atoms with van der Waals surface area (Å²) in [6, 6.07) is 4.19. The van der Waals surface area contributed by atoms with Gasteiger partial charge in [0.1, 0.15) is 0 Å². The number of carbonyl (C=O) groups is 2. The second-order valence-electron chi connectivity index (χ2n) is 4.95. The van der Waals surface area contributed by atoms with Gasteiger partial charge in [-0.3, -0.25) is 0 Å². The third-order valence-electron chi connectivity index (χ3n) is 3.30. The molecule has 0 aromatic heterocycles. The molecule has 1 aromatic rings. The quantitative estimate of drug-likeness (QED) is 0.869. The van der Waals surface area contributed by atoms with Gasteiger partial charge in [0, 0.05) is 24.7 Å². The first-order chi connectivity index (χ1) is 9.97. The normalized spacial score (nSPS) is 17.5. The summed E-state index contributed by atoms with van der Waals surface area (Å²) in [5.74, 6) is -1.04. The van der Waals surface area contributed by atoms with Crippen molar-refractivity contribution in [1.82, 2.24) is 4.90 Å². The second-order valence-corrected chi connectivity index (χ2v) is 5.80. The number of rotatable bonds is 4. The maximum Gasteiger partial charge on any atom is 0.335 e. The van der Waals surface area contributed by atoms with E-state index in [1.165, 1.54) is 17.0 Å². The molecule has 0 radical (unpaired) electrons. The zero-order valence-electron chi connectivity index (χ0n) is 11.6. The van der Waals surface area contributed by atoms with Gasteiger partial charge < -0.3 is 20.1 Å². The number of aromatic carboxylic acids is 1. The number of hydrogen-bond acceptors (Lipinski definition) is 3. The molecule has 0 spiro atoms. The molecule has 1 saturated heterocycles. The molecule has 21 heavy (non-hydrogen) atoms. The van der Waals surface area contributed by atoms with Crippen LogP contribution in [0.25, 0.3) is 0 Å². The molecule has 1 aliphatic rings. The maximum absolute atomic E-state index is 12.1. The van der Waals surface area contributed by atoms with Gasteiger partial charge in [-0.15, -0.1) is 0 Å². The molecule has 1 aliphatic heterocycles.